The Morgan fingerprint density at radius 2 is 1.77 bits per heavy atom. The summed E-state index contributed by atoms with van der Waals surface area (Å²) >= 11 is 0. The van der Waals surface area contributed by atoms with Gasteiger partial charge in [-0.25, -0.2) is 10.8 Å². The van der Waals surface area contributed by atoms with Crippen molar-refractivity contribution in [1.29, 1.82) is 0 Å². The number of carbonyl (C=O) groups excluding carboxylic acids is 1. The number of aromatic nitrogens is 1. The summed E-state index contributed by atoms with van der Waals surface area (Å²) in [5.41, 5.74) is 5.47. The summed E-state index contributed by atoms with van der Waals surface area (Å²) in [4.78, 5) is 18.4. The summed E-state index contributed by atoms with van der Waals surface area (Å²) in [5, 5.41) is 3.36. The Labute approximate surface area is 155 Å². The third-order valence-electron chi connectivity index (χ3n) is 4.45. The first-order valence-electron chi connectivity index (χ1n) is 8.73. The number of aryl methyl sites for hydroxylation is 2. The van der Waals surface area contributed by atoms with E-state index in [0.717, 1.165) is 56.1 Å². The van der Waals surface area contributed by atoms with Gasteiger partial charge in [-0.3, -0.25) is 10.2 Å². The van der Waals surface area contributed by atoms with Crippen molar-refractivity contribution in [1.82, 2.24) is 15.7 Å². The van der Waals surface area contributed by atoms with E-state index in [1.54, 1.807) is 0 Å². The lowest BCUT2D eigenvalue weighted by atomic mass is 10.0. The van der Waals surface area contributed by atoms with E-state index >= 15 is 0 Å². The summed E-state index contributed by atoms with van der Waals surface area (Å²) in [6, 6.07) is 14.4. The lowest BCUT2D eigenvalue weighted by Crippen LogP contribution is -2.43. The highest BCUT2D eigenvalue weighted by Crippen LogP contribution is 2.14. The van der Waals surface area contributed by atoms with Gasteiger partial charge in [0.1, 0.15) is 5.82 Å². The number of nitrogens with one attached hydrogen (secondary N) is 2. The molecular weight excluding hydrogens is 326 g/mol. The number of pyridine rings is 1. The molecule has 6 heteroatoms. The van der Waals surface area contributed by atoms with Gasteiger partial charge in [0.25, 0.3) is 0 Å². The maximum Gasteiger partial charge on any atom is 0.238 e. The molecule has 0 unspecified atom stereocenters. The standard InChI is InChI=1S/C19H25N5O.CH4/c20-23-19(25)14-16-6-4-15(5-7-16)8-9-17-2-1-3-18(22-17)24-12-10-21-11-13-24;/h1-7,21H,8-14,20H2,(H,23,25);1H4. The maximum atomic E-state index is 11.3. The number of benzene rings is 1. The first-order chi connectivity index (χ1) is 12.2. The van der Waals surface area contributed by atoms with Crippen LogP contribution in [-0.4, -0.2) is 37.1 Å². The van der Waals surface area contributed by atoms with Crippen LogP contribution < -0.4 is 21.5 Å². The molecule has 140 valence electrons. The highest BCUT2D eigenvalue weighted by atomic mass is 16.2. The molecule has 1 fully saturated rings. The van der Waals surface area contributed by atoms with E-state index in [0.29, 0.717) is 6.42 Å². The Hall–Kier alpha value is -2.44. The number of anilines is 1. The molecule has 0 radical (unpaired) electrons. The van der Waals surface area contributed by atoms with Crippen molar-refractivity contribution >= 4 is 11.7 Å². The SMILES string of the molecule is C.NNC(=O)Cc1ccc(CCc2cccc(N3CCNCC3)n2)cc1. The Bertz CT molecular complexity index is 696. The van der Waals surface area contributed by atoms with Gasteiger partial charge in [-0.05, 0) is 36.1 Å². The van der Waals surface area contributed by atoms with Crippen LogP contribution in [0.4, 0.5) is 5.82 Å². The van der Waals surface area contributed by atoms with Gasteiger partial charge in [-0.1, -0.05) is 37.8 Å². The lowest BCUT2D eigenvalue weighted by Gasteiger charge is -2.28. The minimum Gasteiger partial charge on any atom is -0.354 e. The highest BCUT2D eigenvalue weighted by molar-refractivity contribution is 5.77. The summed E-state index contributed by atoms with van der Waals surface area (Å²) < 4.78 is 0. The third-order valence-corrected chi connectivity index (χ3v) is 4.45. The van der Waals surface area contributed by atoms with Crippen LogP contribution in [0.25, 0.3) is 0 Å². The first kappa shape index (κ1) is 19.9. The monoisotopic (exact) mass is 355 g/mol. The molecule has 1 amide bonds. The zero-order valence-electron chi connectivity index (χ0n) is 14.4. The zero-order chi connectivity index (χ0) is 17.5. The minimum absolute atomic E-state index is 0. The molecule has 2 heterocycles. The van der Waals surface area contributed by atoms with E-state index < -0.39 is 0 Å². The number of hydrogen-bond acceptors (Lipinski definition) is 5. The van der Waals surface area contributed by atoms with E-state index in [2.05, 4.69) is 46.0 Å². The van der Waals surface area contributed by atoms with E-state index in [4.69, 9.17) is 10.8 Å². The Balaban J connectivity index is 0.00000243. The van der Waals surface area contributed by atoms with E-state index in [1.165, 1.54) is 5.56 Å². The third kappa shape index (κ3) is 5.54. The molecule has 1 aliphatic rings. The fourth-order valence-electron chi connectivity index (χ4n) is 3.01. The number of amides is 1. The van der Waals surface area contributed by atoms with Crippen molar-refractivity contribution in [3.63, 3.8) is 0 Å². The number of hydrogen-bond donors (Lipinski definition) is 3. The Morgan fingerprint density at radius 3 is 2.46 bits per heavy atom. The van der Waals surface area contributed by atoms with E-state index in [9.17, 15) is 4.79 Å². The maximum absolute atomic E-state index is 11.3. The molecule has 1 aromatic heterocycles. The van der Waals surface area contributed by atoms with Crippen molar-refractivity contribution in [3.05, 3.63) is 59.3 Å². The van der Waals surface area contributed by atoms with E-state index in [-0.39, 0.29) is 13.3 Å². The molecule has 0 saturated carbocycles. The molecule has 0 bridgehead atoms. The molecule has 0 aliphatic carbocycles. The van der Waals surface area contributed by atoms with Crippen LogP contribution in [0.2, 0.25) is 0 Å². The number of hydrazine groups is 1. The van der Waals surface area contributed by atoms with Gasteiger partial charge in [-0.15, -0.1) is 0 Å². The average Bonchev–Trinajstić information content (AvgIpc) is 2.68. The van der Waals surface area contributed by atoms with Gasteiger partial charge < -0.3 is 10.2 Å². The molecule has 2 aromatic rings. The highest BCUT2D eigenvalue weighted by Gasteiger charge is 2.11. The normalized spacial score (nSPS) is 13.8. The first-order valence-corrected chi connectivity index (χ1v) is 8.73. The molecule has 1 aliphatic heterocycles. The molecule has 26 heavy (non-hydrogen) atoms. The van der Waals surface area contributed by atoms with E-state index in [1.807, 2.05) is 12.1 Å². The van der Waals surface area contributed by atoms with Crippen LogP contribution in [-0.2, 0) is 24.1 Å². The van der Waals surface area contributed by atoms with Crippen LogP contribution in [0.5, 0.6) is 0 Å². The smallest absolute Gasteiger partial charge is 0.238 e. The van der Waals surface area contributed by atoms with Gasteiger partial charge >= 0.3 is 0 Å². The van der Waals surface area contributed by atoms with Crippen molar-refractivity contribution in [3.8, 4) is 0 Å². The number of nitrogens with zero attached hydrogens (tertiary/aromatic N) is 2. The van der Waals surface area contributed by atoms with Crippen LogP contribution in [0.3, 0.4) is 0 Å². The second-order valence-corrected chi connectivity index (χ2v) is 6.28. The number of carbonyl (C=O) groups is 1. The number of nitrogens with two attached hydrogens (primary N) is 1. The molecular formula is C20H29N5O. The lowest BCUT2D eigenvalue weighted by molar-refractivity contribution is -0.120. The predicted molar refractivity (Wildman–Crippen MR) is 106 cm³/mol. The van der Waals surface area contributed by atoms with Crippen molar-refractivity contribution in [2.45, 2.75) is 26.7 Å². The fourth-order valence-corrected chi connectivity index (χ4v) is 3.01. The number of piperazine rings is 1. The van der Waals surface area contributed by atoms with Gasteiger partial charge in [0.05, 0.1) is 6.42 Å². The molecule has 3 rings (SSSR count). The van der Waals surface area contributed by atoms with Gasteiger partial charge in [-0.2, -0.15) is 0 Å². The van der Waals surface area contributed by atoms with Gasteiger partial charge in [0.15, 0.2) is 0 Å². The minimum atomic E-state index is -0.179. The van der Waals surface area contributed by atoms with Crippen LogP contribution in [0.15, 0.2) is 42.5 Å². The quantitative estimate of drug-likeness (QED) is 0.415. The topological polar surface area (TPSA) is 83.3 Å². The van der Waals surface area contributed by atoms with Crippen LogP contribution >= 0.6 is 0 Å². The molecule has 4 N–H and O–H groups in total. The Morgan fingerprint density at radius 1 is 1.08 bits per heavy atom. The fraction of sp³-hybridized carbons (Fsp3) is 0.400. The second-order valence-electron chi connectivity index (χ2n) is 6.28. The largest absolute Gasteiger partial charge is 0.354 e. The molecule has 1 saturated heterocycles. The predicted octanol–water partition coefficient (Wildman–Crippen LogP) is 1.44. The summed E-state index contributed by atoms with van der Waals surface area (Å²) in [6.45, 7) is 4.05. The second kappa shape index (κ2) is 9.89. The molecule has 6 nitrogen and oxygen atoms in total. The van der Waals surface area contributed by atoms with Gasteiger partial charge in [0, 0.05) is 31.9 Å². The van der Waals surface area contributed by atoms with Crippen molar-refractivity contribution in [2.24, 2.45) is 5.84 Å². The molecule has 0 spiro atoms. The summed E-state index contributed by atoms with van der Waals surface area (Å²) in [7, 11) is 0. The Kier molecular flexibility index (Phi) is 7.56. The average molecular weight is 355 g/mol. The van der Waals surface area contributed by atoms with Gasteiger partial charge in [0.2, 0.25) is 5.91 Å². The summed E-state index contributed by atoms with van der Waals surface area (Å²) in [5.74, 6) is 6.01. The molecule has 1 aromatic carbocycles. The van der Waals surface area contributed by atoms with Crippen LogP contribution in [0, 0.1) is 0 Å². The van der Waals surface area contributed by atoms with Crippen molar-refractivity contribution < 1.29 is 4.79 Å². The van der Waals surface area contributed by atoms with Crippen molar-refractivity contribution in [2.75, 3.05) is 31.1 Å². The van der Waals surface area contributed by atoms with Crippen LogP contribution in [0.1, 0.15) is 24.2 Å². The summed E-state index contributed by atoms with van der Waals surface area (Å²) in [6.07, 6.45) is 2.15. The molecule has 0 atom stereocenters. The zero-order valence-corrected chi connectivity index (χ0v) is 14.4. The number of rotatable bonds is 6.